The number of nitrogens with two attached hydrogens (primary N) is 1. The third kappa shape index (κ3) is 1.52. The number of hydrogen-bond acceptors (Lipinski definition) is 2. The summed E-state index contributed by atoms with van der Waals surface area (Å²) in [7, 11) is 0. The quantitative estimate of drug-likeness (QED) is 0.836. The van der Waals surface area contributed by atoms with E-state index in [0.717, 1.165) is 0 Å². The van der Waals surface area contributed by atoms with Gasteiger partial charge in [0.05, 0.1) is 11.7 Å². The van der Waals surface area contributed by atoms with Gasteiger partial charge in [-0.2, -0.15) is 0 Å². The lowest BCUT2D eigenvalue weighted by Crippen LogP contribution is -2.01. The number of pyridine rings is 1. The van der Waals surface area contributed by atoms with Crippen LogP contribution in [0.4, 0.5) is 0 Å². The number of rotatable bonds is 2. The van der Waals surface area contributed by atoms with Gasteiger partial charge in [0.25, 0.3) is 0 Å². The van der Waals surface area contributed by atoms with Crippen LogP contribution in [0, 0.1) is 0 Å². The molecule has 0 aliphatic heterocycles. The van der Waals surface area contributed by atoms with Crippen molar-refractivity contribution >= 4 is 5.52 Å². The Balaban J connectivity index is 2.06. The number of hydrogen-bond donors (Lipinski definition) is 1. The van der Waals surface area contributed by atoms with Crippen molar-refractivity contribution in [2.24, 2.45) is 5.73 Å². The molecule has 16 heavy (non-hydrogen) atoms. The standard InChI is InChI=1S/C13H17N3/c14-8-10-5-6-16-12(7-10)9-15-13(16)11-3-1-2-4-11/h5-7,9,11H,1-4,8,14H2. The van der Waals surface area contributed by atoms with Crippen LogP contribution >= 0.6 is 0 Å². The monoisotopic (exact) mass is 215 g/mol. The first-order valence-corrected chi connectivity index (χ1v) is 6.04. The van der Waals surface area contributed by atoms with Crippen molar-refractivity contribution in [1.82, 2.24) is 9.38 Å². The van der Waals surface area contributed by atoms with Crippen LogP contribution in [0.25, 0.3) is 5.52 Å². The molecule has 2 aromatic rings. The topological polar surface area (TPSA) is 43.3 Å². The number of imidazole rings is 1. The van der Waals surface area contributed by atoms with Crippen LogP contribution in [-0.4, -0.2) is 9.38 Å². The molecular weight excluding hydrogens is 198 g/mol. The zero-order chi connectivity index (χ0) is 11.0. The molecule has 2 aromatic heterocycles. The first-order valence-electron chi connectivity index (χ1n) is 6.04. The molecule has 3 heteroatoms. The lowest BCUT2D eigenvalue weighted by atomic mass is 10.1. The summed E-state index contributed by atoms with van der Waals surface area (Å²) in [5.74, 6) is 1.89. The summed E-state index contributed by atoms with van der Waals surface area (Å²) in [6.07, 6.45) is 9.35. The summed E-state index contributed by atoms with van der Waals surface area (Å²) in [6, 6.07) is 4.22. The van der Waals surface area contributed by atoms with Gasteiger partial charge < -0.3 is 10.1 Å². The zero-order valence-corrected chi connectivity index (χ0v) is 9.39. The van der Waals surface area contributed by atoms with Crippen LogP contribution in [-0.2, 0) is 6.54 Å². The molecule has 0 radical (unpaired) electrons. The van der Waals surface area contributed by atoms with Crippen LogP contribution in [0.1, 0.15) is 43.0 Å². The molecule has 84 valence electrons. The first-order chi connectivity index (χ1) is 7.88. The van der Waals surface area contributed by atoms with Gasteiger partial charge in [0.2, 0.25) is 0 Å². The van der Waals surface area contributed by atoms with E-state index in [1.807, 2.05) is 6.20 Å². The molecule has 1 aliphatic rings. The van der Waals surface area contributed by atoms with E-state index < -0.39 is 0 Å². The third-order valence-electron chi connectivity index (χ3n) is 3.58. The summed E-state index contributed by atoms with van der Waals surface area (Å²) >= 11 is 0. The fourth-order valence-corrected chi connectivity index (χ4v) is 2.68. The van der Waals surface area contributed by atoms with Crippen molar-refractivity contribution in [3.05, 3.63) is 35.9 Å². The largest absolute Gasteiger partial charge is 0.326 e. The van der Waals surface area contributed by atoms with Gasteiger partial charge >= 0.3 is 0 Å². The highest BCUT2D eigenvalue weighted by Crippen LogP contribution is 2.33. The molecule has 2 N–H and O–H groups in total. The van der Waals surface area contributed by atoms with Crippen molar-refractivity contribution in [3.8, 4) is 0 Å². The van der Waals surface area contributed by atoms with E-state index in [9.17, 15) is 0 Å². The van der Waals surface area contributed by atoms with Gasteiger partial charge in [-0.3, -0.25) is 0 Å². The Morgan fingerprint density at radius 3 is 2.94 bits per heavy atom. The van der Waals surface area contributed by atoms with Crippen molar-refractivity contribution in [2.45, 2.75) is 38.1 Å². The molecule has 1 aliphatic carbocycles. The Labute approximate surface area is 95.3 Å². The van der Waals surface area contributed by atoms with Crippen LogP contribution < -0.4 is 5.73 Å². The molecule has 1 fully saturated rings. The number of fused-ring (bicyclic) bond motifs is 1. The van der Waals surface area contributed by atoms with E-state index in [2.05, 4.69) is 27.7 Å². The zero-order valence-electron chi connectivity index (χ0n) is 9.39. The Morgan fingerprint density at radius 2 is 2.19 bits per heavy atom. The maximum Gasteiger partial charge on any atom is 0.116 e. The molecule has 0 amide bonds. The van der Waals surface area contributed by atoms with E-state index in [1.165, 1.54) is 42.6 Å². The minimum absolute atomic E-state index is 0.598. The first kappa shape index (κ1) is 9.85. The molecule has 0 unspecified atom stereocenters. The van der Waals surface area contributed by atoms with Gasteiger partial charge in [-0.25, -0.2) is 4.98 Å². The Hall–Kier alpha value is -1.35. The Morgan fingerprint density at radius 1 is 1.38 bits per heavy atom. The van der Waals surface area contributed by atoms with Gasteiger partial charge in [-0.15, -0.1) is 0 Å². The Kier molecular flexibility index (Phi) is 2.40. The second kappa shape index (κ2) is 3.91. The molecule has 3 rings (SSSR count). The molecular formula is C13H17N3. The van der Waals surface area contributed by atoms with Crippen molar-refractivity contribution in [1.29, 1.82) is 0 Å². The number of nitrogens with zero attached hydrogens (tertiary/aromatic N) is 2. The average molecular weight is 215 g/mol. The fourth-order valence-electron chi connectivity index (χ4n) is 2.68. The normalized spacial score (nSPS) is 17.3. The minimum Gasteiger partial charge on any atom is -0.326 e. The summed E-state index contributed by atoms with van der Waals surface area (Å²) in [5, 5.41) is 0. The maximum absolute atomic E-state index is 5.64. The molecule has 2 heterocycles. The highest BCUT2D eigenvalue weighted by Gasteiger charge is 2.20. The highest BCUT2D eigenvalue weighted by molar-refractivity contribution is 5.48. The average Bonchev–Trinajstić information content (AvgIpc) is 2.96. The van der Waals surface area contributed by atoms with Gasteiger partial charge in [-0.1, -0.05) is 12.8 Å². The molecule has 0 saturated heterocycles. The lowest BCUT2D eigenvalue weighted by molar-refractivity contribution is 0.665. The van der Waals surface area contributed by atoms with Crippen LogP contribution in [0.15, 0.2) is 24.5 Å². The summed E-state index contributed by atoms with van der Waals surface area (Å²) < 4.78 is 2.22. The van der Waals surface area contributed by atoms with Gasteiger partial charge in [0.1, 0.15) is 5.82 Å². The predicted octanol–water partition coefficient (Wildman–Crippen LogP) is 2.45. The number of aromatic nitrogens is 2. The van der Waals surface area contributed by atoms with Crippen molar-refractivity contribution in [2.75, 3.05) is 0 Å². The Bertz CT molecular complexity index is 495. The predicted molar refractivity (Wildman–Crippen MR) is 64.3 cm³/mol. The van der Waals surface area contributed by atoms with Gasteiger partial charge in [-0.05, 0) is 30.5 Å². The van der Waals surface area contributed by atoms with Crippen molar-refractivity contribution < 1.29 is 0 Å². The summed E-state index contributed by atoms with van der Waals surface area (Å²) in [4.78, 5) is 4.57. The SMILES string of the molecule is NCc1ccn2c(C3CCCC3)ncc2c1. The lowest BCUT2D eigenvalue weighted by Gasteiger charge is -2.08. The van der Waals surface area contributed by atoms with Gasteiger partial charge in [0, 0.05) is 18.7 Å². The second-order valence-electron chi connectivity index (χ2n) is 4.63. The summed E-state index contributed by atoms with van der Waals surface area (Å²) in [6.45, 7) is 0.598. The van der Waals surface area contributed by atoms with Crippen LogP contribution in [0.5, 0.6) is 0 Å². The molecule has 0 spiro atoms. The van der Waals surface area contributed by atoms with Crippen LogP contribution in [0.2, 0.25) is 0 Å². The molecule has 0 bridgehead atoms. The molecule has 0 aromatic carbocycles. The third-order valence-corrected chi connectivity index (χ3v) is 3.58. The van der Waals surface area contributed by atoms with Crippen molar-refractivity contribution in [3.63, 3.8) is 0 Å². The van der Waals surface area contributed by atoms with E-state index in [1.54, 1.807) is 0 Å². The van der Waals surface area contributed by atoms with E-state index in [4.69, 9.17) is 5.73 Å². The fraction of sp³-hybridized carbons (Fsp3) is 0.462. The molecule has 1 saturated carbocycles. The smallest absolute Gasteiger partial charge is 0.116 e. The van der Waals surface area contributed by atoms with E-state index in [-0.39, 0.29) is 0 Å². The minimum atomic E-state index is 0.598. The highest BCUT2D eigenvalue weighted by atomic mass is 15.0. The molecule has 0 atom stereocenters. The van der Waals surface area contributed by atoms with E-state index >= 15 is 0 Å². The maximum atomic E-state index is 5.64. The van der Waals surface area contributed by atoms with Gasteiger partial charge in [0.15, 0.2) is 0 Å². The summed E-state index contributed by atoms with van der Waals surface area (Å²) in [5.41, 5.74) is 7.98. The second-order valence-corrected chi connectivity index (χ2v) is 4.63. The molecule has 3 nitrogen and oxygen atoms in total. The van der Waals surface area contributed by atoms with Crippen LogP contribution in [0.3, 0.4) is 0 Å². The van der Waals surface area contributed by atoms with E-state index in [0.29, 0.717) is 12.5 Å².